The van der Waals surface area contributed by atoms with Gasteiger partial charge in [-0.1, -0.05) is 48.0 Å². The monoisotopic (exact) mass is 687 g/mol. The Labute approximate surface area is 283 Å². The second-order valence-electron chi connectivity index (χ2n) is 12.2. The highest BCUT2D eigenvalue weighted by atomic mass is 32.2. The molecule has 3 aromatic carbocycles. The topological polar surface area (TPSA) is 192 Å². The number of nitrogens with zero attached hydrogens (tertiary/aromatic N) is 3. The first kappa shape index (κ1) is 34.8. The molecular weight excluding hydrogens is 650 g/mol. The maximum absolute atomic E-state index is 13.7. The number of hydrogen-bond donors (Lipinski definition) is 5. The van der Waals surface area contributed by atoms with E-state index in [1.54, 1.807) is 36.1 Å². The molecule has 0 spiro atoms. The van der Waals surface area contributed by atoms with Gasteiger partial charge in [-0.25, -0.2) is 13.2 Å². The normalized spacial score (nSPS) is 13.7. The predicted molar refractivity (Wildman–Crippen MR) is 182 cm³/mol. The summed E-state index contributed by atoms with van der Waals surface area (Å²) in [6.45, 7) is 7.49. The Balaban J connectivity index is 1.22. The summed E-state index contributed by atoms with van der Waals surface area (Å²) in [7, 11) is -4.18. The molecule has 0 fully saturated rings. The number of anilines is 2. The zero-order valence-electron chi connectivity index (χ0n) is 27.4. The lowest BCUT2D eigenvalue weighted by atomic mass is 9.91. The van der Waals surface area contributed by atoms with E-state index in [1.807, 2.05) is 57.2 Å². The fourth-order valence-electron chi connectivity index (χ4n) is 5.39. The molecule has 0 radical (unpaired) electrons. The van der Waals surface area contributed by atoms with Crippen molar-refractivity contribution >= 4 is 45.2 Å². The summed E-state index contributed by atoms with van der Waals surface area (Å²) < 4.78 is 29.0. The number of aromatic nitrogens is 2. The zero-order valence-corrected chi connectivity index (χ0v) is 28.2. The van der Waals surface area contributed by atoms with Crippen LogP contribution in [0, 0.1) is 13.8 Å². The van der Waals surface area contributed by atoms with Crippen LogP contribution < -0.4 is 20.7 Å². The minimum absolute atomic E-state index is 0.114. The Kier molecular flexibility index (Phi) is 9.87. The molecule has 5 N–H and O–H groups in total. The molecule has 2 heterocycles. The van der Waals surface area contributed by atoms with Gasteiger partial charge in [0.15, 0.2) is 5.69 Å². The quantitative estimate of drug-likeness (QED) is 0.158. The molecule has 1 aliphatic heterocycles. The van der Waals surface area contributed by atoms with Gasteiger partial charge in [0.25, 0.3) is 11.8 Å². The standard InChI is InChI=1S/C34H37N7O7S/c1-21-9-15-25(16-10-21)49(47,48)39-28(32(44)45)20-35-30(42)27-19-29-31(43)40(17-18-41(29)38-27)34(3,4)23-11-13-24(14-12-23)36-33(46)37-26-8-6-5-7-22(26)2/h5-16,19,28,39H,17-18,20H2,1-4H3,(H,35,42)(H,44,45)(H2,36,37,46). The van der Waals surface area contributed by atoms with Crippen molar-refractivity contribution in [3.8, 4) is 0 Å². The van der Waals surface area contributed by atoms with Crippen LogP contribution in [0.5, 0.6) is 0 Å². The van der Waals surface area contributed by atoms with Crippen LogP contribution in [0.2, 0.25) is 0 Å². The fourth-order valence-corrected chi connectivity index (χ4v) is 6.58. The number of carboxylic acids is 1. The number of urea groups is 1. The zero-order chi connectivity index (χ0) is 35.5. The predicted octanol–water partition coefficient (Wildman–Crippen LogP) is 3.70. The summed E-state index contributed by atoms with van der Waals surface area (Å²) in [4.78, 5) is 52.6. The Hall–Kier alpha value is -5.54. The third-order valence-corrected chi connectivity index (χ3v) is 9.81. The highest BCUT2D eigenvalue weighted by Crippen LogP contribution is 2.32. The Morgan fingerprint density at radius 2 is 1.61 bits per heavy atom. The first-order valence-corrected chi connectivity index (χ1v) is 16.9. The van der Waals surface area contributed by atoms with Crippen LogP contribution in [-0.4, -0.2) is 71.2 Å². The van der Waals surface area contributed by atoms with E-state index in [0.717, 1.165) is 16.7 Å². The molecule has 15 heteroatoms. The average molecular weight is 688 g/mol. The number of sulfonamides is 1. The van der Waals surface area contributed by atoms with E-state index in [0.29, 0.717) is 24.5 Å². The minimum Gasteiger partial charge on any atom is -0.480 e. The molecule has 0 bridgehead atoms. The molecule has 256 valence electrons. The van der Waals surface area contributed by atoms with Gasteiger partial charge < -0.3 is 26.0 Å². The number of rotatable bonds is 11. The van der Waals surface area contributed by atoms with E-state index >= 15 is 0 Å². The smallest absolute Gasteiger partial charge is 0.323 e. The van der Waals surface area contributed by atoms with Gasteiger partial charge in [0.2, 0.25) is 10.0 Å². The van der Waals surface area contributed by atoms with Crippen molar-refractivity contribution < 1.29 is 32.7 Å². The van der Waals surface area contributed by atoms with Crippen LogP contribution in [0.25, 0.3) is 0 Å². The summed E-state index contributed by atoms with van der Waals surface area (Å²) in [6, 6.07) is 19.8. The van der Waals surface area contributed by atoms with Crippen molar-refractivity contribution in [2.24, 2.45) is 0 Å². The lowest BCUT2D eigenvalue weighted by molar-refractivity contribution is -0.138. The van der Waals surface area contributed by atoms with E-state index in [9.17, 15) is 32.7 Å². The highest BCUT2D eigenvalue weighted by molar-refractivity contribution is 7.89. The van der Waals surface area contributed by atoms with Crippen LogP contribution in [0.15, 0.2) is 83.8 Å². The fraction of sp³-hybridized carbons (Fsp3) is 0.265. The number of fused-ring (bicyclic) bond motifs is 1. The second-order valence-corrected chi connectivity index (χ2v) is 13.9. The van der Waals surface area contributed by atoms with E-state index in [1.165, 1.54) is 22.9 Å². The molecule has 1 unspecified atom stereocenters. The first-order valence-electron chi connectivity index (χ1n) is 15.4. The average Bonchev–Trinajstić information content (AvgIpc) is 3.50. The molecule has 1 aliphatic rings. The van der Waals surface area contributed by atoms with Crippen LogP contribution in [0.3, 0.4) is 0 Å². The molecule has 0 aliphatic carbocycles. The van der Waals surface area contributed by atoms with Crippen LogP contribution in [0.1, 0.15) is 51.5 Å². The molecular formula is C34H37N7O7S. The number of carbonyl (C=O) groups is 4. The minimum atomic E-state index is -4.18. The van der Waals surface area contributed by atoms with Crippen LogP contribution >= 0.6 is 0 Å². The first-order chi connectivity index (χ1) is 23.2. The van der Waals surface area contributed by atoms with Crippen molar-refractivity contribution in [1.82, 2.24) is 24.7 Å². The molecule has 4 amide bonds. The molecule has 4 aromatic rings. The van der Waals surface area contributed by atoms with Crippen molar-refractivity contribution in [1.29, 1.82) is 0 Å². The van der Waals surface area contributed by atoms with E-state index in [2.05, 4.69) is 25.8 Å². The van der Waals surface area contributed by atoms with Gasteiger partial charge in [0.05, 0.1) is 17.0 Å². The molecule has 49 heavy (non-hydrogen) atoms. The maximum atomic E-state index is 13.7. The van der Waals surface area contributed by atoms with E-state index in [-0.39, 0.29) is 28.2 Å². The van der Waals surface area contributed by atoms with Gasteiger partial charge in [0.1, 0.15) is 11.7 Å². The summed E-state index contributed by atoms with van der Waals surface area (Å²) in [5.74, 6) is -2.62. The van der Waals surface area contributed by atoms with Crippen molar-refractivity contribution in [3.05, 3.63) is 107 Å². The Bertz CT molecular complexity index is 2010. The SMILES string of the molecule is Cc1ccc(S(=O)(=O)NC(CNC(=O)c2cc3n(n2)CCN(C(C)(C)c2ccc(NC(=O)Nc4ccccc4C)cc2)C3=O)C(=O)O)cc1. The Morgan fingerprint density at radius 1 is 0.939 bits per heavy atom. The molecule has 0 saturated carbocycles. The van der Waals surface area contributed by atoms with Crippen molar-refractivity contribution in [2.45, 2.75) is 50.7 Å². The second kappa shape index (κ2) is 13.9. The maximum Gasteiger partial charge on any atom is 0.323 e. The third-order valence-electron chi connectivity index (χ3n) is 8.32. The Morgan fingerprint density at radius 3 is 2.27 bits per heavy atom. The number of nitrogens with one attached hydrogen (secondary N) is 4. The number of aryl methyl sites for hydroxylation is 2. The molecule has 0 saturated heterocycles. The third kappa shape index (κ3) is 7.79. The van der Waals surface area contributed by atoms with Gasteiger partial charge in [-0.15, -0.1) is 0 Å². The van der Waals surface area contributed by atoms with E-state index < -0.39 is 40.0 Å². The number of carboxylic acid groups (broad SMARTS) is 1. The van der Waals surface area contributed by atoms with Gasteiger partial charge in [-0.3, -0.25) is 19.1 Å². The van der Waals surface area contributed by atoms with E-state index in [4.69, 9.17) is 0 Å². The van der Waals surface area contributed by atoms with Gasteiger partial charge >= 0.3 is 12.0 Å². The lowest BCUT2D eigenvalue weighted by Crippen LogP contribution is -2.50. The number of para-hydroxylation sites is 1. The molecule has 1 aromatic heterocycles. The lowest BCUT2D eigenvalue weighted by Gasteiger charge is -2.41. The number of amides is 4. The highest BCUT2D eigenvalue weighted by Gasteiger charge is 2.38. The van der Waals surface area contributed by atoms with Crippen molar-refractivity contribution in [3.63, 3.8) is 0 Å². The van der Waals surface area contributed by atoms with Crippen LogP contribution in [0.4, 0.5) is 16.2 Å². The molecule has 1 atom stereocenters. The van der Waals surface area contributed by atoms with Crippen LogP contribution in [-0.2, 0) is 26.9 Å². The summed E-state index contributed by atoms with van der Waals surface area (Å²) >= 11 is 0. The van der Waals surface area contributed by atoms with Gasteiger partial charge in [0, 0.05) is 30.5 Å². The summed E-state index contributed by atoms with van der Waals surface area (Å²) in [5, 5.41) is 21.9. The molecule has 5 rings (SSSR count). The molecule has 14 nitrogen and oxygen atoms in total. The number of carbonyl (C=O) groups excluding carboxylic acids is 3. The number of benzene rings is 3. The summed E-state index contributed by atoms with van der Waals surface area (Å²) in [6.07, 6.45) is 0. The van der Waals surface area contributed by atoms with Gasteiger partial charge in [-0.2, -0.15) is 9.82 Å². The van der Waals surface area contributed by atoms with Crippen molar-refractivity contribution in [2.75, 3.05) is 23.7 Å². The number of aliphatic carboxylic acids is 1. The summed E-state index contributed by atoms with van der Waals surface area (Å²) in [5.41, 5.74) is 3.12. The van der Waals surface area contributed by atoms with Gasteiger partial charge in [-0.05, 0) is 69.2 Å². The largest absolute Gasteiger partial charge is 0.480 e. The number of hydrogen-bond acceptors (Lipinski definition) is 7.